The van der Waals surface area contributed by atoms with E-state index in [2.05, 4.69) is 32.6 Å². The molecule has 4 heterocycles. The van der Waals surface area contributed by atoms with Gasteiger partial charge in [0.2, 0.25) is 0 Å². The Morgan fingerprint density at radius 1 is 1.29 bits per heavy atom. The van der Waals surface area contributed by atoms with Gasteiger partial charge in [0.05, 0.1) is 36.4 Å². The molecule has 1 fully saturated rings. The molecule has 1 N–H and O–H groups in total. The summed E-state index contributed by atoms with van der Waals surface area (Å²) in [5, 5.41) is 7.63. The maximum atomic E-state index is 15.1. The van der Waals surface area contributed by atoms with E-state index in [1.165, 1.54) is 11.0 Å². The first-order chi connectivity index (χ1) is 19.8. The summed E-state index contributed by atoms with van der Waals surface area (Å²) >= 11 is 0. The Morgan fingerprint density at radius 3 is 2.85 bits per heavy atom. The molecule has 12 nitrogen and oxygen atoms in total. The molecule has 1 aromatic carbocycles. The first kappa shape index (κ1) is 28.2. The van der Waals surface area contributed by atoms with E-state index in [0.29, 0.717) is 47.6 Å². The second-order valence-electron chi connectivity index (χ2n) is 10.2. The Bertz CT molecular complexity index is 1400. The van der Waals surface area contributed by atoms with Crippen molar-refractivity contribution in [2.24, 2.45) is 0 Å². The molecule has 2 aliphatic heterocycles. The third kappa shape index (κ3) is 6.87. The number of amides is 1. The van der Waals surface area contributed by atoms with E-state index in [9.17, 15) is 9.59 Å². The number of ether oxygens (including phenoxy) is 2. The molecule has 1 saturated heterocycles. The fraction of sp³-hybridized carbons (Fsp3) is 0.393. The van der Waals surface area contributed by atoms with E-state index < -0.39 is 24.1 Å². The molecule has 41 heavy (non-hydrogen) atoms. The number of halogens is 1. The number of carbonyl (C=O) groups is 2. The van der Waals surface area contributed by atoms with E-state index in [0.717, 1.165) is 0 Å². The van der Waals surface area contributed by atoms with Crippen LogP contribution in [0.25, 0.3) is 16.8 Å². The fourth-order valence-corrected chi connectivity index (χ4v) is 4.43. The largest absolute Gasteiger partial charge is 0.462 e. The molecule has 0 radical (unpaired) electrons. The predicted molar refractivity (Wildman–Crippen MR) is 147 cm³/mol. The quantitative estimate of drug-likeness (QED) is 0.347. The van der Waals surface area contributed by atoms with Crippen LogP contribution in [0.5, 0.6) is 0 Å². The molecular weight excluding hydrogens is 533 g/mol. The highest BCUT2D eigenvalue weighted by molar-refractivity contribution is 5.90. The number of pyridine rings is 1. The maximum Gasteiger partial charge on any atom is 0.414 e. The van der Waals surface area contributed by atoms with E-state index in [1.54, 1.807) is 53.6 Å². The number of benzene rings is 1. The fourth-order valence-electron chi connectivity index (χ4n) is 4.43. The SMILES string of the molecule is CC(CCC(=O)OC[C@@H]1C=C(c2ccc(-c3ccc(N4C[C@H](Cn5ccnn5)OC4=O)cc3F)cn2)NO1)N(C)C. The van der Waals surface area contributed by atoms with Gasteiger partial charge in [-0.25, -0.2) is 13.9 Å². The van der Waals surface area contributed by atoms with Crippen molar-refractivity contribution in [3.05, 3.63) is 66.5 Å². The van der Waals surface area contributed by atoms with Gasteiger partial charge < -0.3 is 14.4 Å². The summed E-state index contributed by atoms with van der Waals surface area (Å²) in [5.74, 6) is -0.763. The lowest BCUT2D eigenvalue weighted by Crippen LogP contribution is -2.26. The van der Waals surface area contributed by atoms with E-state index >= 15 is 4.39 Å². The number of carbonyl (C=O) groups excluding carboxylic acids is 2. The average molecular weight is 566 g/mol. The number of esters is 1. The zero-order valence-electron chi connectivity index (χ0n) is 23.1. The Balaban J connectivity index is 1.16. The van der Waals surface area contributed by atoms with Crippen molar-refractivity contribution in [2.45, 2.75) is 44.6 Å². The standard InChI is InChI=1S/C28H32FN7O5/c1-18(34(2)3)4-9-27(37)39-17-21-13-26(32-41-21)25-8-5-19(14-30-25)23-7-6-20(12-24(23)29)36-16-22(40-28(36)38)15-35-11-10-31-33-35/h5-8,10-14,18,21-22,32H,4,9,15-17H2,1-3H3/t18?,21-,22-/m0/s1. The molecule has 1 unspecified atom stereocenters. The maximum absolute atomic E-state index is 15.1. The summed E-state index contributed by atoms with van der Waals surface area (Å²) in [6.45, 7) is 2.78. The van der Waals surface area contributed by atoms with Crippen LogP contribution in [0, 0.1) is 5.82 Å². The van der Waals surface area contributed by atoms with Crippen LogP contribution in [-0.2, 0) is 25.7 Å². The molecular formula is C28H32FN7O5. The van der Waals surface area contributed by atoms with Gasteiger partial charge in [0.1, 0.15) is 24.6 Å². The molecule has 1 amide bonds. The molecule has 3 aromatic rings. The van der Waals surface area contributed by atoms with E-state index in [-0.39, 0.29) is 25.2 Å². The third-order valence-corrected chi connectivity index (χ3v) is 7.08. The molecule has 216 valence electrons. The van der Waals surface area contributed by atoms with Crippen molar-refractivity contribution in [2.75, 3.05) is 32.1 Å². The summed E-state index contributed by atoms with van der Waals surface area (Å²) in [7, 11) is 3.94. The zero-order chi connectivity index (χ0) is 28.9. The number of nitrogens with zero attached hydrogens (tertiary/aromatic N) is 6. The van der Waals surface area contributed by atoms with Gasteiger partial charge in [-0.15, -0.1) is 5.10 Å². The Morgan fingerprint density at radius 2 is 2.15 bits per heavy atom. The lowest BCUT2D eigenvalue weighted by Gasteiger charge is -2.19. The van der Waals surface area contributed by atoms with Crippen molar-refractivity contribution in [3.63, 3.8) is 0 Å². The first-order valence-corrected chi connectivity index (χ1v) is 13.3. The van der Waals surface area contributed by atoms with Crippen molar-refractivity contribution in [3.8, 4) is 11.1 Å². The van der Waals surface area contributed by atoms with Crippen molar-refractivity contribution >= 4 is 23.4 Å². The van der Waals surface area contributed by atoms with Gasteiger partial charge in [0, 0.05) is 36.0 Å². The first-order valence-electron chi connectivity index (χ1n) is 13.3. The van der Waals surface area contributed by atoms with E-state index in [4.69, 9.17) is 14.3 Å². The number of rotatable bonds is 11. The lowest BCUT2D eigenvalue weighted by molar-refractivity contribution is -0.147. The highest BCUT2D eigenvalue weighted by Crippen LogP contribution is 2.30. The van der Waals surface area contributed by atoms with Gasteiger partial charge in [-0.3, -0.25) is 25.0 Å². The van der Waals surface area contributed by atoms with Gasteiger partial charge in [0.25, 0.3) is 0 Å². The molecule has 2 aliphatic rings. The molecule has 0 bridgehead atoms. The van der Waals surface area contributed by atoms with Crippen LogP contribution in [0.4, 0.5) is 14.9 Å². The number of cyclic esters (lactones) is 1. The van der Waals surface area contributed by atoms with Crippen molar-refractivity contribution in [1.82, 2.24) is 30.4 Å². The Hall–Kier alpha value is -4.36. The van der Waals surface area contributed by atoms with Gasteiger partial charge in [-0.1, -0.05) is 11.3 Å². The summed E-state index contributed by atoms with van der Waals surface area (Å²) in [5.41, 5.74) is 5.35. The minimum Gasteiger partial charge on any atom is -0.462 e. The highest BCUT2D eigenvalue weighted by atomic mass is 19.1. The molecule has 5 rings (SSSR count). The van der Waals surface area contributed by atoms with Crippen LogP contribution in [0.3, 0.4) is 0 Å². The van der Waals surface area contributed by atoms with Gasteiger partial charge in [0.15, 0.2) is 0 Å². The summed E-state index contributed by atoms with van der Waals surface area (Å²) in [6, 6.07) is 8.37. The number of hydrogen-bond donors (Lipinski definition) is 1. The summed E-state index contributed by atoms with van der Waals surface area (Å²) < 4.78 is 27.5. The molecule has 2 aromatic heterocycles. The molecule has 0 aliphatic carbocycles. The molecule has 0 saturated carbocycles. The minimum atomic E-state index is -0.542. The van der Waals surface area contributed by atoms with Gasteiger partial charge >= 0.3 is 12.1 Å². The zero-order valence-corrected chi connectivity index (χ0v) is 23.1. The second-order valence-corrected chi connectivity index (χ2v) is 10.2. The monoisotopic (exact) mass is 565 g/mol. The van der Waals surface area contributed by atoms with Crippen LogP contribution in [0.2, 0.25) is 0 Å². The van der Waals surface area contributed by atoms with Crippen LogP contribution in [-0.4, -0.2) is 82.4 Å². The van der Waals surface area contributed by atoms with Gasteiger partial charge in [-0.2, -0.15) is 0 Å². The number of aromatic nitrogens is 4. The van der Waals surface area contributed by atoms with Crippen LogP contribution in [0.1, 0.15) is 25.5 Å². The number of anilines is 1. The number of hydroxylamine groups is 1. The van der Waals surface area contributed by atoms with Crippen molar-refractivity contribution in [1.29, 1.82) is 0 Å². The molecule has 0 spiro atoms. The molecule has 13 heteroatoms. The molecule has 3 atom stereocenters. The van der Waals surface area contributed by atoms with Crippen LogP contribution >= 0.6 is 0 Å². The normalized spacial score (nSPS) is 19.2. The smallest absolute Gasteiger partial charge is 0.414 e. The van der Waals surface area contributed by atoms with Gasteiger partial charge in [-0.05, 0) is 57.8 Å². The van der Waals surface area contributed by atoms with Crippen LogP contribution in [0.15, 0.2) is 55.0 Å². The average Bonchev–Trinajstić information content (AvgIpc) is 3.73. The number of nitrogens with one attached hydrogen (secondary N) is 1. The third-order valence-electron chi connectivity index (χ3n) is 7.08. The summed E-state index contributed by atoms with van der Waals surface area (Å²) in [6.07, 6.45) is 6.22. The van der Waals surface area contributed by atoms with Crippen LogP contribution < -0.4 is 10.4 Å². The summed E-state index contributed by atoms with van der Waals surface area (Å²) in [4.78, 5) is 37.8. The second kappa shape index (κ2) is 12.4. The van der Waals surface area contributed by atoms with E-state index in [1.807, 2.05) is 14.1 Å². The predicted octanol–water partition coefficient (Wildman–Crippen LogP) is 3.02. The topological polar surface area (TPSA) is 124 Å². The minimum absolute atomic E-state index is 0.0904. The van der Waals surface area contributed by atoms with Crippen molar-refractivity contribution < 1.29 is 28.3 Å². The number of hydrogen-bond acceptors (Lipinski definition) is 10. The Labute approximate surface area is 236 Å². The Kier molecular flexibility index (Phi) is 8.55. The lowest BCUT2D eigenvalue weighted by atomic mass is 10.1. The highest BCUT2D eigenvalue weighted by Gasteiger charge is 2.33.